The number of carbonyl (C=O) groups excluding carboxylic acids is 2. The first-order valence-electron chi connectivity index (χ1n) is 6.57. The standard InChI is InChI=1S/C14H18BrN3O2/c1-10(13(16)19)17-6-8-18(9-7-17)14(20)11-2-4-12(15)5-3-11/h2-5,10H,6-9H2,1H3,(H2,16,19)/t10-/m0/s1. The first kappa shape index (κ1) is 15.0. The van der Waals surface area contributed by atoms with E-state index >= 15 is 0 Å². The van der Waals surface area contributed by atoms with Crippen LogP contribution in [-0.4, -0.2) is 53.8 Å². The zero-order valence-electron chi connectivity index (χ0n) is 11.4. The third kappa shape index (κ3) is 3.37. The number of piperazine rings is 1. The number of hydrogen-bond acceptors (Lipinski definition) is 3. The summed E-state index contributed by atoms with van der Waals surface area (Å²) in [6, 6.07) is 7.06. The molecule has 0 unspecified atom stereocenters. The van der Waals surface area contributed by atoms with Crippen molar-refractivity contribution in [3.8, 4) is 0 Å². The first-order chi connectivity index (χ1) is 9.49. The van der Waals surface area contributed by atoms with E-state index in [9.17, 15) is 9.59 Å². The van der Waals surface area contributed by atoms with Gasteiger partial charge in [-0.1, -0.05) is 15.9 Å². The lowest BCUT2D eigenvalue weighted by Crippen LogP contribution is -2.54. The summed E-state index contributed by atoms with van der Waals surface area (Å²) in [6.07, 6.45) is 0. The summed E-state index contributed by atoms with van der Waals surface area (Å²) >= 11 is 3.35. The second-order valence-electron chi connectivity index (χ2n) is 4.91. The van der Waals surface area contributed by atoms with Crippen LogP contribution in [0.15, 0.2) is 28.7 Å². The van der Waals surface area contributed by atoms with Crippen LogP contribution in [0.1, 0.15) is 17.3 Å². The summed E-state index contributed by atoms with van der Waals surface area (Å²) in [6.45, 7) is 4.38. The van der Waals surface area contributed by atoms with E-state index in [0.29, 0.717) is 31.7 Å². The summed E-state index contributed by atoms with van der Waals surface area (Å²) in [7, 11) is 0. The van der Waals surface area contributed by atoms with Crippen LogP contribution >= 0.6 is 15.9 Å². The molecule has 2 N–H and O–H groups in total. The van der Waals surface area contributed by atoms with E-state index < -0.39 is 0 Å². The van der Waals surface area contributed by atoms with E-state index in [0.717, 1.165) is 4.47 Å². The summed E-state index contributed by atoms with van der Waals surface area (Å²) in [4.78, 5) is 27.3. The second kappa shape index (κ2) is 6.37. The topological polar surface area (TPSA) is 66.6 Å². The number of rotatable bonds is 3. The van der Waals surface area contributed by atoms with Crippen LogP contribution in [0.25, 0.3) is 0 Å². The largest absolute Gasteiger partial charge is 0.368 e. The molecule has 0 radical (unpaired) electrons. The van der Waals surface area contributed by atoms with Gasteiger partial charge in [0, 0.05) is 36.2 Å². The number of benzene rings is 1. The lowest BCUT2D eigenvalue weighted by Gasteiger charge is -2.37. The molecule has 5 nitrogen and oxygen atoms in total. The Hall–Kier alpha value is -1.40. The van der Waals surface area contributed by atoms with E-state index in [2.05, 4.69) is 15.9 Å². The molecule has 1 aromatic carbocycles. The van der Waals surface area contributed by atoms with Crippen LogP contribution in [0.2, 0.25) is 0 Å². The summed E-state index contributed by atoms with van der Waals surface area (Å²) in [5.74, 6) is -0.290. The number of halogens is 1. The molecule has 1 aromatic rings. The van der Waals surface area contributed by atoms with Gasteiger partial charge < -0.3 is 10.6 Å². The van der Waals surface area contributed by atoms with Crippen molar-refractivity contribution in [1.82, 2.24) is 9.80 Å². The highest BCUT2D eigenvalue weighted by molar-refractivity contribution is 9.10. The maximum atomic E-state index is 12.3. The number of nitrogens with two attached hydrogens (primary N) is 1. The van der Waals surface area contributed by atoms with E-state index in [4.69, 9.17) is 5.73 Å². The SMILES string of the molecule is C[C@@H](C(N)=O)N1CCN(C(=O)c2ccc(Br)cc2)CC1. The fourth-order valence-electron chi connectivity index (χ4n) is 2.27. The summed E-state index contributed by atoms with van der Waals surface area (Å²) < 4.78 is 0.953. The molecule has 20 heavy (non-hydrogen) atoms. The van der Waals surface area contributed by atoms with E-state index in [-0.39, 0.29) is 17.9 Å². The van der Waals surface area contributed by atoms with E-state index in [1.165, 1.54) is 0 Å². The molecular formula is C14H18BrN3O2. The van der Waals surface area contributed by atoms with Crippen molar-refractivity contribution in [2.24, 2.45) is 5.73 Å². The Bertz CT molecular complexity index is 496. The minimum atomic E-state index is -0.322. The number of hydrogen-bond donors (Lipinski definition) is 1. The Morgan fingerprint density at radius 2 is 1.70 bits per heavy atom. The average molecular weight is 340 g/mol. The normalized spacial score (nSPS) is 17.8. The molecule has 2 rings (SSSR count). The van der Waals surface area contributed by atoms with Gasteiger partial charge in [0.15, 0.2) is 0 Å². The molecule has 2 amide bonds. The third-order valence-corrected chi connectivity index (χ3v) is 4.18. The first-order valence-corrected chi connectivity index (χ1v) is 7.36. The molecule has 108 valence electrons. The van der Waals surface area contributed by atoms with Crippen LogP contribution in [0.3, 0.4) is 0 Å². The predicted octanol–water partition coefficient (Wildman–Crippen LogP) is 1.08. The van der Waals surface area contributed by atoms with Crippen molar-refractivity contribution in [3.05, 3.63) is 34.3 Å². The van der Waals surface area contributed by atoms with Crippen molar-refractivity contribution in [2.45, 2.75) is 13.0 Å². The molecule has 0 spiro atoms. The maximum Gasteiger partial charge on any atom is 0.253 e. The van der Waals surface area contributed by atoms with E-state index in [1.54, 1.807) is 6.92 Å². The van der Waals surface area contributed by atoms with Gasteiger partial charge in [-0.05, 0) is 31.2 Å². The quantitative estimate of drug-likeness (QED) is 0.896. The zero-order valence-corrected chi connectivity index (χ0v) is 13.0. The predicted molar refractivity (Wildman–Crippen MR) is 80.3 cm³/mol. The lowest BCUT2D eigenvalue weighted by molar-refractivity contribution is -0.123. The number of carbonyl (C=O) groups is 2. The number of nitrogens with zero attached hydrogens (tertiary/aromatic N) is 2. The lowest BCUT2D eigenvalue weighted by atomic mass is 10.1. The second-order valence-corrected chi connectivity index (χ2v) is 5.83. The van der Waals surface area contributed by atoms with Gasteiger partial charge in [-0.2, -0.15) is 0 Å². The van der Waals surface area contributed by atoms with Crippen LogP contribution in [0, 0.1) is 0 Å². The molecule has 0 aromatic heterocycles. The summed E-state index contributed by atoms with van der Waals surface area (Å²) in [5, 5.41) is 0. The van der Waals surface area contributed by atoms with Gasteiger partial charge in [0.1, 0.15) is 0 Å². The number of amides is 2. The van der Waals surface area contributed by atoms with E-state index in [1.807, 2.05) is 34.1 Å². The molecule has 0 bridgehead atoms. The molecule has 1 atom stereocenters. The summed E-state index contributed by atoms with van der Waals surface area (Å²) in [5.41, 5.74) is 5.99. The highest BCUT2D eigenvalue weighted by Gasteiger charge is 2.26. The van der Waals surface area contributed by atoms with Crippen LogP contribution in [0.5, 0.6) is 0 Å². The minimum absolute atomic E-state index is 0.0314. The Morgan fingerprint density at radius 1 is 1.15 bits per heavy atom. The van der Waals surface area contributed by atoms with Crippen molar-refractivity contribution in [2.75, 3.05) is 26.2 Å². The fourth-order valence-corrected chi connectivity index (χ4v) is 2.53. The van der Waals surface area contributed by atoms with Crippen molar-refractivity contribution in [3.63, 3.8) is 0 Å². The van der Waals surface area contributed by atoms with Crippen LogP contribution < -0.4 is 5.73 Å². The third-order valence-electron chi connectivity index (χ3n) is 3.65. The minimum Gasteiger partial charge on any atom is -0.368 e. The molecule has 6 heteroatoms. The fraction of sp³-hybridized carbons (Fsp3) is 0.429. The monoisotopic (exact) mass is 339 g/mol. The Morgan fingerprint density at radius 3 is 2.20 bits per heavy atom. The molecule has 1 aliphatic heterocycles. The molecule has 1 saturated heterocycles. The highest BCUT2D eigenvalue weighted by atomic mass is 79.9. The highest BCUT2D eigenvalue weighted by Crippen LogP contribution is 2.14. The van der Waals surface area contributed by atoms with Gasteiger partial charge in [0.25, 0.3) is 5.91 Å². The van der Waals surface area contributed by atoms with Crippen molar-refractivity contribution >= 4 is 27.7 Å². The maximum absolute atomic E-state index is 12.3. The Kier molecular flexibility index (Phi) is 4.77. The molecular weight excluding hydrogens is 322 g/mol. The van der Waals surface area contributed by atoms with Crippen LogP contribution in [0.4, 0.5) is 0 Å². The number of primary amides is 1. The van der Waals surface area contributed by atoms with Crippen molar-refractivity contribution < 1.29 is 9.59 Å². The Balaban J connectivity index is 1.95. The Labute approximate surface area is 126 Å². The molecule has 1 fully saturated rings. The van der Waals surface area contributed by atoms with Gasteiger partial charge >= 0.3 is 0 Å². The molecule has 1 heterocycles. The molecule has 0 aliphatic carbocycles. The van der Waals surface area contributed by atoms with Gasteiger partial charge in [0.05, 0.1) is 6.04 Å². The molecule has 0 saturated carbocycles. The van der Waals surface area contributed by atoms with Gasteiger partial charge in [-0.25, -0.2) is 0 Å². The van der Waals surface area contributed by atoms with Gasteiger partial charge in [-0.15, -0.1) is 0 Å². The van der Waals surface area contributed by atoms with Gasteiger partial charge in [0.2, 0.25) is 5.91 Å². The molecule has 1 aliphatic rings. The zero-order chi connectivity index (χ0) is 14.7. The van der Waals surface area contributed by atoms with Crippen molar-refractivity contribution in [1.29, 1.82) is 0 Å². The van der Waals surface area contributed by atoms with Gasteiger partial charge in [-0.3, -0.25) is 14.5 Å². The average Bonchev–Trinajstić information content (AvgIpc) is 2.46. The smallest absolute Gasteiger partial charge is 0.253 e. The van der Waals surface area contributed by atoms with Crippen LogP contribution in [-0.2, 0) is 4.79 Å².